The predicted octanol–water partition coefficient (Wildman–Crippen LogP) is 3.03. The molecule has 0 atom stereocenters. The predicted molar refractivity (Wildman–Crippen MR) is 70.5 cm³/mol. The van der Waals surface area contributed by atoms with Gasteiger partial charge in [-0.15, -0.1) is 21.5 Å². The van der Waals surface area contributed by atoms with Gasteiger partial charge in [0.25, 0.3) is 0 Å². The lowest BCUT2D eigenvalue weighted by molar-refractivity contribution is 1.00. The summed E-state index contributed by atoms with van der Waals surface area (Å²) in [6.45, 7) is 4.94. The molecule has 1 N–H and O–H groups in total. The Hall–Kier alpha value is -0.660. The van der Waals surface area contributed by atoms with Gasteiger partial charge in [0.05, 0.1) is 5.75 Å². The summed E-state index contributed by atoms with van der Waals surface area (Å²) in [5.41, 5.74) is 1.09. The Labute approximate surface area is 107 Å². The van der Waals surface area contributed by atoms with Crippen LogP contribution >= 0.6 is 34.4 Å². The molecule has 0 saturated heterocycles. The van der Waals surface area contributed by atoms with E-state index >= 15 is 0 Å². The van der Waals surface area contributed by atoms with E-state index in [2.05, 4.69) is 25.9 Å². The van der Waals surface area contributed by atoms with E-state index in [-0.39, 0.29) is 0 Å². The fraction of sp³-hybridized carbons (Fsp3) is 0.444. The Morgan fingerprint density at radius 3 is 3.00 bits per heavy atom. The number of hydrogen-bond donors (Lipinski definition) is 1. The maximum absolute atomic E-state index is 4.41. The third-order valence-electron chi connectivity index (χ3n) is 1.72. The first kappa shape index (κ1) is 11.8. The molecule has 2 heterocycles. The molecular weight excluding hydrogens is 260 g/mol. The van der Waals surface area contributed by atoms with Crippen molar-refractivity contribution in [3.63, 3.8) is 0 Å². The Morgan fingerprint density at radius 2 is 2.31 bits per heavy atom. The van der Waals surface area contributed by atoms with Gasteiger partial charge in [0.1, 0.15) is 5.01 Å². The molecule has 0 bridgehead atoms. The van der Waals surface area contributed by atoms with E-state index in [4.69, 9.17) is 0 Å². The quantitative estimate of drug-likeness (QED) is 0.848. The second-order valence-electron chi connectivity index (χ2n) is 3.07. The van der Waals surface area contributed by atoms with Crippen molar-refractivity contribution in [1.82, 2.24) is 15.2 Å². The smallest absolute Gasteiger partial charge is 0.206 e. The first-order chi connectivity index (χ1) is 7.78. The standard InChI is InChI=1S/C9H12N4S3/c1-3-10-8-12-13-9(16-8)15-5-7-11-6(2)4-14-7/h4H,3,5H2,1-2H3,(H,10,12). The number of aryl methyl sites for hydroxylation is 1. The van der Waals surface area contributed by atoms with Crippen LogP contribution in [0.2, 0.25) is 0 Å². The van der Waals surface area contributed by atoms with E-state index in [1.807, 2.05) is 13.8 Å². The van der Waals surface area contributed by atoms with Gasteiger partial charge in [-0.05, 0) is 13.8 Å². The molecule has 0 aliphatic rings. The van der Waals surface area contributed by atoms with Crippen LogP contribution in [0, 0.1) is 6.92 Å². The van der Waals surface area contributed by atoms with E-state index in [1.54, 1.807) is 34.4 Å². The highest BCUT2D eigenvalue weighted by Crippen LogP contribution is 2.28. The van der Waals surface area contributed by atoms with E-state index in [9.17, 15) is 0 Å². The number of nitrogens with zero attached hydrogens (tertiary/aromatic N) is 3. The van der Waals surface area contributed by atoms with Gasteiger partial charge in [0.15, 0.2) is 4.34 Å². The molecule has 0 aliphatic heterocycles. The van der Waals surface area contributed by atoms with Gasteiger partial charge < -0.3 is 5.32 Å². The first-order valence-electron chi connectivity index (χ1n) is 4.89. The van der Waals surface area contributed by atoms with E-state index < -0.39 is 0 Å². The minimum absolute atomic E-state index is 0.874. The van der Waals surface area contributed by atoms with Gasteiger partial charge in [0, 0.05) is 17.6 Å². The lowest BCUT2D eigenvalue weighted by Crippen LogP contribution is -1.94. The second kappa shape index (κ2) is 5.60. The van der Waals surface area contributed by atoms with Crippen molar-refractivity contribution in [3.8, 4) is 0 Å². The van der Waals surface area contributed by atoms with E-state index in [0.717, 1.165) is 32.5 Å². The summed E-state index contributed by atoms with van der Waals surface area (Å²) in [4.78, 5) is 4.41. The number of hydrogen-bond acceptors (Lipinski definition) is 7. The molecule has 0 saturated carbocycles. The van der Waals surface area contributed by atoms with E-state index in [0.29, 0.717) is 0 Å². The zero-order chi connectivity index (χ0) is 11.4. The molecule has 16 heavy (non-hydrogen) atoms. The zero-order valence-corrected chi connectivity index (χ0v) is 11.5. The van der Waals surface area contributed by atoms with Crippen LogP contribution in [-0.2, 0) is 5.75 Å². The molecule has 0 aromatic carbocycles. The minimum Gasteiger partial charge on any atom is -0.360 e. The van der Waals surface area contributed by atoms with Crippen LogP contribution in [0.3, 0.4) is 0 Å². The second-order valence-corrected chi connectivity index (χ2v) is 6.22. The molecule has 0 radical (unpaired) electrons. The number of anilines is 1. The topological polar surface area (TPSA) is 50.7 Å². The Kier molecular flexibility index (Phi) is 4.14. The molecule has 2 aromatic heterocycles. The molecule has 0 amide bonds. The summed E-state index contributed by atoms with van der Waals surface area (Å²) < 4.78 is 0.990. The van der Waals surface area contributed by atoms with Crippen LogP contribution < -0.4 is 5.32 Å². The highest BCUT2D eigenvalue weighted by atomic mass is 32.2. The van der Waals surface area contributed by atoms with Crippen LogP contribution in [0.1, 0.15) is 17.6 Å². The lowest BCUT2D eigenvalue weighted by atomic mass is 10.6. The van der Waals surface area contributed by atoms with Crippen LogP contribution in [-0.4, -0.2) is 21.7 Å². The van der Waals surface area contributed by atoms with Crippen molar-refractivity contribution in [2.24, 2.45) is 0 Å². The van der Waals surface area contributed by atoms with Crippen LogP contribution in [0.5, 0.6) is 0 Å². The van der Waals surface area contributed by atoms with Crippen molar-refractivity contribution in [3.05, 3.63) is 16.1 Å². The summed E-state index contributed by atoms with van der Waals surface area (Å²) in [5.74, 6) is 0.874. The van der Waals surface area contributed by atoms with Gasteiger partial charge in [-0.3, -0.25) is 0 Å². The molecular formula is C9H12N4S3. The van der Waals surface area contributed by atoms with Crippen LogP contribution in [0.25, 0.3) is 0 Å². The first-order valence-corrected chi connectivity index (χ1v) is 7.57. The zero-order valence-electron chi connectivity index (χ0n) is 9.06. The molecule has 0 fully saturated rings. The van der Waals surface area contributed by atoms with E-state index in [1.165, 1.54) is 0 Å². The van der Waals surface area contributed by atoms with Crippen molar-refractivity contribution in [2.45, 2.75) is 23.9 Å². The Bertz CT molecular complexity index is 451. The average Bonchev–Trinajstić information content (AvgIpc) is 2.85. The summed E-state index contributed by atoms with van der Waals surface area (Å²) in [7, 11) is 0. The molecule has 2 aromatic rings. The Balaban J connectivity index is 1.89. The van der Waals surface area contributed by atoms with Crippen molar-refractivity contribution < 1.29 is 0 Å². The molecule has 0 spiro atoms. The largest absolute Gasteiger partial charge is 0.360 e. The summed E-state index contributed by atoms with van der Waals surface area (Å²) in [6.07, 6.45) is 0. The number of rotatable bonds is 5. The fourth-order valence-electron chi connectivity index (χ4n) is 1.08. The third-order valence-corrected chi connectivity index (χ3v) is 4.90. The van der Waals surface area contributed by atoms with Gasteiger partial charge in [-0.1, -0.05) is 23.1 Å². The third kappa shape index (κ3) is 3.16. The molecule has 2 rings (SSSR count). The highest BCUT2D eigenvalue weighted by molar-refractivity contribution is 8.00. The molecule has 0 aliphatic carbocycles. The van der Waals surface area contributed by atoms with Crippen LogP contribution in [0.4, 0.5) is 5.13 Å². The van der Waals surface area contributed by atoms with Gasteiger partial charge >= 0.3 is 0 Å². The van der Waals surface area contributed by atoms with Crippen molar-refractivity contribution in [2.75, 3.05) is 11.9 Å². The van der Waals surface area contributed by atoms with Crippen molar-refractivity contribution >= 4 is 39.6 Å². The number of thioether (sulfide) groups is 1. The normalized spacial score (nSPS) is 10.6. The molecule has 4 nitrogen and oxygen atoms in total. The lowest BCUT2D eigenvalue weighted by Gasteiger charge is -1.92. The number of thiazole rings is 1. The molecule has 86 valence electrons. The maximum atomic E-state index is 4.41. The summed E-state index contributed by atoms with van der Waals surface area (Å²) in [5, 5.41) is 15.4. The number of aromatic nitrogens is 3. The summed E-state index contributed by atoms with van der Waals surface area (Å²) in [6, 6.07) is 0. The van der Waals surface area contributed by atoms with Gasteiger partial charge in [-0.25, -0.2) is 4.98 Å². The SMILES string of the molecule is CCNc1nnc(SCc2nc(C)cs2)s1. The fourth-order valence-corrected chi connectivity index (χ4v) is 3.69. The van der Waals surface area contributed by atoms with Gasteiger partial charge in [-0.2, -0.15) is 0 Å². The molecule has 0 unspecified atom stereocenters. The Morgan fingerprint density at radius 1 is 1.44 bits per heavy atom. The van der Waals surface area contributed by atoms with Gasteiger partial charge in [0.2, 0.25) is 5.13 Å². The maximum Gasteiger partial charge on any atom is 0.206 e. The highest BCUT2D eigenvalue weighted by Gasteiger charge is 2.05. The van der Waals surface area contributed by atoms with Crippen molar-refractivity contribution in [1.29, 1.82) is 0 Å². The average molecular weight is 272 g/mol. The number of nitrogens with one attached hydrogen (secondary N) is 1. The summed E-state index contributed by atoms with van der Waals surface area (Å²) >= 11 is 4.97. The minimum atomic E-state index is 0.874. The molecule has 7 heteroatoms. The monoisotopic (exact) mass is 272 g/mol. The van der Waals surface area contributed by atoms with Crippen LogP contribution in [0.15, 0.2) is 9.72 Å².